The molecule has 0 saturated carbocycles. The van der Waals surface area contributed by atoms with E-state index in [2.05, 4.69) is 62.9 Å². The molecule has 7 nitrogen and oxygen atoms in total. The topological polar surface area (TPSA) is 63.0 Å². The molecule has 1 aliphatic heterocycles. The van der Waals surface area contributed by atoms with Crippen molar-refractivity contribution >= 4 is 17.2 Å². The van der Waals surface area contributed by atoms with Crippen molar-refractivity contribution in [2.24, 2.45) is 0 Å². The fourth-order valence-electron chi connectivity index (χ4n) is 4.67. The highest BCUT2D eigenvalue weighted by Gasteiger charge is 2.28. The minimum atomic E-state index is -0.155. The predicted octanol–water partition coefficient (Wildman–Crippen LogP) is 5.36. The van der Waals surface area contributed by atoms with Gasteiger partial charge in [0.15, 0.2) is 5.65 Å². The number of piperazine rings is 1. The van der Waals surface area contributed by atoms with E-state index in [1.807, 2.05) is 42.2 Å². The van der Waals surface area contributed by atoms with E-state index >= 15 is 0 Å². The molecule has 192 valence electrons. The summed E-state index contributed by atoms with van der Waals surface area (Å²) in [5.74, 6) is 0.858. The van der Waals surface area contributed by atoms with E-state index in [0.29, 0.717) is 31.0 Å². The summed E-state index contributed by atoms with van der Waals surface area (Å²) in [6, 6.07) is 20.2. The number of carbonyl (C=O) groups excluding carboxylic acids is 1. The third-order valence-electron chi connectivity index (χ3n) is 6.83. The molecule has 1 saturated heterocycles. The van der Waals surface area contributed by atoms with Crippen LogP contribution < -0.4 is 9.64 Å². The first-order valence-electron chi connectivity index (χ1n) is 13.0. The predicted molar refractivity (Wildman–Crippen MR) is 148 cm³/mol. The van der Waals surface area contributed by atoms with Crippen LogP contribution in [0, 0.1) is 6.92 Å². The van der Waals surface area contributed by atoms with Crippen LogP contribution in [0.15, 0.2) is 60.7 Å². The van der Waals surface area contributed by atoms with Crippen LogP contribution in [0.1, 0.15) is 49.4 Å². The normalized spacial score (nSPS) is 14.3. The van der Waals surface area contributed by atoms with Gasteiger partial charge in [0.1, 0.15) is 11.4 Å². The molecular formula is C30H35N5O2. The molecule has 2 aromatic heterocycles. The van der Waals surface area contributed by atoms with Crippen LogP contribution in [0.4, 0.5) is 5.69 Å². The Morgan fingerprint density at radius 1 is 0.973 bits per heavy atom. The molecule has 2 aromatic carbocycles. The Kier molecular flexibility index (Phi) is 6.63. The maximum atomic E-state index is 13.9. The third-order valence-corrected chi connectivity index (χ3v) is 6.83. The van der Waals surface area contributed by atoms with Crippen LogP contribution in [-0.4, -0.2) is 58.2 Å². The van der Waals surface area contributed by atoms with Gasteiger partial charge in [-0.3, -0.25) is 4.79 Å². The van der Waals surface area contributed by atoms with Gasteiger partial charge in [0, 0.05) is 43.2 Å². The molecule has 5 rings (SSSR count). The Morgan fingerprint density at radius 2 is 1.68 bits per heavy atom. The second kappa shape index (κ2) is 9.88. The van der Waals surface area contributed by atoms with Crippen molar-refractivity contribution in [2.75, 3.05) is 37.7 Å². The average Bonchev–Trinajstić information content (AvgIpc) is 3.34. The van der Waals surface area contributed by atoms with Gasteiger partial charge in [-0.15, -0.1) is 0 Å². The maximum absolute atomic E-state index is 13.9. The molecule has 0 aliphatic carbocycles. The minimum Gasteiger partial charge on any atom is -0.492 e. The summed E-state index contributed by atoms with van der Waals surface area (Å²) < 4.78 is 7.55. The second-order valence-corrected chi connectivity index (χ2v) is 10.6. The number of hydrogen-bond acceptors (Lipinski definition) is 5. The van der Waals surface area contributed by atoms with E-state index in [0.717, 1.165) is 41.5 Å². The molecule has 0 spiro atoms. The summed E-state index contributed by atoms with van der Waals surface area (Å²) in [4.78, 5) is 23.0. The zero-order chi connectivity index (χ0) is 26.2. The van der Waals surface area contributed by atoms with Crippen molar-refractivity contribution in [2.45, 2.75) is 40.0 Å². The summed E-state index contributed by atoms with van der Waals surface area (Å²) in [7, 11) is 0. The summed E-state index contributed by atoms with van der Waals surface area (Å²) in [6.45, 7) is 13.8. The largest absolute Gasteiger partial charge is 0.492 e. The van der Waals surface area contributed by atoms with Gasteiger partial charge in [-0.1, -0.05) is 62.7 Å². The number of para-hydroxylation sites is 2. The zero-order valence-electron chi connectivity index (χ0n) is 22.4. The number of ether oxygens (including phenoxy) is 1. The Hall–Kier alpha value is -3.87. The SMILES string of the molecule is CCOc1ccccc1N1CCN(C(=O)c2cc(-c3ccc(C)cc3)nc3cc(C(C)(C)C)nn23)CC1. The number of carbonyl (C=O) groups is 1. The van der Waals surface area contributed by atoms with Gasteiger partial charge in [-0.2, -0.15) is 5.10 Å². The van der Waals surface area contributed by atoms with Gasteiger partial charge in [0.25, 0.3) is 5.91 Å². The number of aromatic nitrogens is 3. The first-order chi connectivity index (χ1) is 17.7. The van der Waals surface area contributed by atoms with Crippen LogP contribution in [0.5, 0.6) is 5.75 Å². The molecule has 3 heterocycles. The van der Waals surface area contributed by atoms with Crippen LogP contribution in [0.25, 0.3) is 16.9 Å². The number of hydrogen-bond donors (Lipinski definition) is 0. The highest BCUT2D eigenvalue weighted by atomic mass is 16.5. The Morgan fingerprint density at radius 3 is 2.35 bits per heavy atom. The summed E-state index contributed by atoms with van der Waals surface area (Å²) >= 11 is 0. The molecule has 0 N–H and O–H groups in total. The molecule has 1 fully saturated rings. The summed E-state index contributed by atoms with van der Waals surface area (Å²) in [5.41, 5.74) is 6.01. The standard InChI is InChI=1S/C30H35N5O2/c1-6-37-26-10-8-7-9-24(26)33-15-17-34(18-16-33)29(36)25-19-23(22-13-11-21(2)12-14-22)31-28-20-27(30(3,4)5)32-35(25)28/h7-14,19-20H,6,15-18H2,1-5H3. The molecule has 4 aromatic rings. The van der Waals surface area contributed by atoms with E-state index in [1.54, 1.807) is 4.52 Å². The number of amides is 1. The van der Waals surface area contributed by atoms with Crippen molar-refractivity contribution in [1.82, 2.24) is 19.5 Å². The first-order valence-corrected chi connectivity index (χ1v) is 13.0. The maximum Gasteiger partial charge on any atom is 0.272 e. The first kappa shape index (κ1) is 24.8. The van der Waals surface area contributed by atoms with E-state index in [9.17, 15) is 4.79 Å². The number of rotatable bonds is 5. The second-order valence-electron chi connectivity index (χ2n) is 10.6. The lowest BCUT2D eigenvalue weighted by Gasteiger charge is -2.36. The molecule has 0 bridgehead atoms. The smallest absolute Gasteiger partial charge is 0.272 e. The summed E-state index contributed by atoms with van der Waals surface area (Å²) in [5, 5.41) is 4.82. The van der Waals surface area contributed by atoms with E-state index < -0.39 is 0 Å². The van der Waals surface area contributed by atoms with Crippen molar-refractivity contribution in [3.8, 4) is 17.0 Å². The minimum absolute atomic E-state index is 0.0259. The van der Waals surface area contributed by atoms with E-state index in [-0.39, 0.29) is 11.3 Å². The molecule has 0 unspecified atom stereocenters. The number of nitrogens with zero attached hydrogens (tertiary/aromatic N) is 5. The Balaban J connectivity index is 1.46. The fraction of sp³-hybridized carbons (Fsp3) is 0.367. The van der Waals surface area contributed by atoms with Crippen LogP contribution in [-0.2, 0) is 5.41 Å². The molecule has 0 atom stereocenters. The average molecular weight is 498 g/mol. The lowest BCUT2D eigenvalue weighted by Crippen LogP contribution is -2.49. The molecule has 0 radical (unpaired) electrons. The summed E-state index contributed by atoms with van der Waals surface area (Å²) in [6.07, 6.45) is 0. The Labute approximate surface area is 218 Å². The van der Waals surface area contributed by atoms with Crippen molar-refractivity contribution in [3.63, 3.8) is 0 Å². The number of fused-ring (bicyclic) bond motifs is 1. The van der Waals surface area contributed by atoms with Crippen LogP contribution >= 0.6 is 0 Å². The molecular weight excluding hydrogens is 462 g/mol. The van der Waals surface area contributed by atoms with Gasteiger partial charge in [-0.25, -0.2) is 9.50 Å². The third kappa shape index (κ3) is 5.03. The van der Waals surface area contributed by atoms with Gasteiger partial charge in [0.2, 0.25) is 0 Å². The fourth-order valence-corrected chi connectivity index (χ4v) is 4.67. The van der Waals surface area contributed by atoms with Crippen molar-refractivity contribution < 1.29 is 9.53 Å². The van der Waals surface area contributed by atoms with E-state index in [1.165, 1.54) is 5.56 Å². The monoisotopic (exact) mass is 497 g/mol. The Bertz CT molecular complexity index is 1410. The lowest BCUT2D eigenvalue weighted by atomic mass is 9.93. The molecule has 1 aliphatic rings. The van der Waals surface area contributed by atoms with Gasteiger partial charge in [0.05, 0.1) is 23.7 Å². The molecule has 37 heavy (non-hydrogen) atoms. The lowest BCUT2D eigenvalue weighted by molar-refractivity contribution is 0.0737. The van der Waals surface area contributed by atoms with Crippen LogP contribution in [0.3, 0.4) is 0 Å². The quantitative estimate of drug-likeness (QED) is 0.371. The van der Waals surface area contributed by atoms with Gasteiger partial charge in [-0.05, 0) is 32.0 Å². The van der Waals surface area contributed by atoms with Crippen LogP contribution in [0.2, 0.25) is 0 Å². The number of benzene rings is 2. The van der Waals surface area contributed by atoms with E-state index in [4.69, 9.17) is 14.8 Å². The molecule has 1 amide bonds. The zero-order valence-corrected chi connectivity index (χ0v) is 22.4. The van der Waals surface area contributed by atoms with Crippen molar-refractivity contribution in [1.29, 1.82) is 0 Å². The number of aryl methyl sites for hydroxylation is 1. The molecule has 7 heteroatoms. The number of anilines is 1. The van der Waals surface area contributed by atoms with Crippen molar-refractivity contribution in [3.05, 3.63) is 77.6 Å². The van der Waals surface area contributed by atoms with Gasteiger partial charge >= 0.3 is 0 Å². The highest BCUT2D eigenvalue weighted by molar-refractivity contribution is 5.94. The highest BCUT2D eigenvalue weighted by Crippen LogP contribution is 2.30. The van der Waals surface area contributed by atoms with Gasteiger partial charge < -0.3 is 14.5 Å².